The summed E-state index contributed by atoms with van der Waals surface area (Å²) in [6, 6.07) is 10.0. The second-order valence-electron chi connectivity index (χ2n) is 4.81. The van der Waals surface area contributed by atoms with E-state index < -0.39 is 6.10 Å². The van der Waals surface area contributed by atoms with Crippen LogP contribution in [0.1, 0.15) is 33.9 Å². The van der Waals surface area contributed by atoms with Gasteiger partial charge in [-0.25, -0.2) is 0 Å². The van der Waals surface area contributed by atoms with Crippen molar-refractivity contribution in [3.8, 4) is 0 Å². The highest BCUT2D eigenvalue weighted by atomic mass is 79.9. The molecular formula is C16H16Br2O. The van der Waals surface area contributed by atoms with Gasteiger partial charge in [-0.05, 0) is 55.2 Å². The van der Waals surface area contributed by atoms with E-state index in [1.54, 1.807) is 0 Å². The molecule has 1 N–H and O–H groups in total. The Morgan fingerprint density at radius 1 is 0.895 bits per heavy atom. The minimum Gasteiger partial charge on any atom is -0.384 e. The van der Waals surface area contributed by atoms with Crippen LogP contribution in [-0.4, -0.2) is 5.11 Å². The number of benzene rings is 2. The monoisotopic (exact) mass is 382 g/mol. The molecule has 19 heavy (non-hydrogen) atoms. The molecule has 0 aliphatic carbocycles. The average molecular weight is 384 g/mol. The number of hydrogen-bond acceptors (Lipinski definition) is 1. The molecule has 0 saturated carbocycles. The van der Waals surface area contributed by atoms with E-state index in [0.717, 1.165) is 31.2 Å². The molecule has 0 aliphatic rings. The number of aliphatic hydroxyl groups excluding tert-OH is 1. The SMILES string of the molecule is Cc1cc(Br)c(C(O)c2cccc(C)c2C)cc1Br. The van der Waals surface area contributed by atoms with Crippen LogP contribution in [0, 0.1) is 20.8 Å². The van der Waals surface area contributed by atoms with Crippen molar-refractivity contribution in [2.45, 2.75) is 26.9 Å². The minimum atomic E-state index is -0.619. The Morgan fingerprint density at radius 3 is 2.26 bits per heavy atom. The molecule has 1 nitrogen and oxygen atoms in total. The van der Waals surface area contributed by atoms with Crippen LogP contribution in [0.3, 0.4) is 0 Å². The van der Waals surface area contributed by atoms with Crippen LogP contribution in [0.25, 0.3) is 0 Å². The third-order valence-electron chi connectivity index (χ3n) is 3.51. The summed E-state index contributed by atoms with van der Waals surface area (Å²) in [5, 5.41) is 10.6. The molecule has 2 rings (SSSR count). The summed E-state index contributed by atoms with van der Waals surface area (Å²) < 4.78 is 1.94. The van der Waals surface area contributed by atoms with Crippen molar-refractivity contribution in [1.29, 1.82) is 0 Å². The van der Waals surface area contributed by atoms with Gasteiger partial charge < -0.3 is 5.11 Å². The van der Waals surface area contributed by atoms with Gasteiger partial charge in [0.15, 0.2) is 0 Å². The van der Waals surface area contributed by atoms with Crippen LogP contribution >= 0.6 is 31.9 Å². The van der Waals surface area contributed by atoms with E-state index in [2.05, 4.69) is 44.8 Å². The maximum atomic E-state index is 10.6. The molecule has 0 saturated heterocycles. The van der Waals surface area contributed by atoms with Crippen LogP contribution in [-0.2, 0) is 0 Å². The molecule has 0 amide bonds. The average Bonchev–Trinajstić information content (AvgIpc) is 2.36. The fourth-order valence-corrected chi connectivity index (χ4v) is 3.14. The van der Waals surface area contributed by atoms with Gasteiger partial charge in [-0.15, -0.1) is 0 Å². The first-order chi connectivity index (χ1) is 8.91. The van der Waals surface area contributed by atoms with Gasteiger partial charge in [-0.3, -0.25) is 0 Å². The number of aliphatic hydroxyl groups is 1. The first-order valence-corrected chi connectivity index (χ1v) is 7.70. The summed E-state index contributed by atoms with van der Waals surface area (Å²) in [5.41, 5.74) is 5.31. The molecule has 100 valence electrons. The molecule has 0 heterocycles. The van der Waals surface area contributed by atoms with Gasteiger partial charge in [0.25, 0.3) is 0 Å². The molecule has 0 aliphatic heterocycles. The zero-order valence-corrected chi connectivity index (χ0v) is 14.3. The molecule has 2 aromatic carbocycles. The minimum absolute atomic E-state index is 0.619. The summed E-state index contributed by atoms with van der Waals surface area (Å²) in [7, 11) is 0. The normalized spacial score (nSPS) is 12.5. The summed E-state index contributed by atoms with van der Waals surface area (Å²) >= 11 is 7.06. The first-order valence-electron chi connectivity index (χ1n) is 6.11. The molecule has 3 heteroatoms. The zero-order valence-electron chi connectivity index (χ0n) is 11.2. The lowest BCUT2D eigenvalue weighted by molar-refractivity contribution is 0.218. The summed E-state index contributed by atoms with van der Waals surface area (Å²) in [4.78, 5) is 0. The van der Waals surface area contributed by atoms with Gasteiger partial charge in [0.1, 0.15) is 6.10 Å². The van der Waals surface area contributed by atoms with E-state index in [0.29, 0.717) is 0 Å². The standard InChI is InChI=1S/C16H16Br2O/c1-9-5-4-6-12(11(9)3)16(19)13-8-14(17)10(2)7-15(13)18/h4-8,16,19H,1-3H3. The van der Waals surface area contributed by atoms with Crippen LogP contribution in [0.2, 0.25) is 0 Å². The topological polar surface area (TPSA) is 20.2 Å². The Balaban J connectivity index is 2.53. The van der Waals surface area contributed by atoms with E-state index in [1.807, 2.05) is 38.1 Å². The lowest BCUT2D eigenvalue weighted by Gasteiger charge is -2.18. The quantitative estimate of drug-likeness (QED) is 0.753. The Morgan fingerprint density at radius 2 is 1.58 bits per heavy atom. The van der Waals surface area contributed by atoms with Gasteiger partial charge in [0, 0.05) is 14.5 Å². The number of halogens is 2. The third-order valence-corrected chi connectivity index (χ3v) is 5.05. The van der Waals surface area contributed by atoms with Crippen molar-refractivity contribution in [2.24, 2.45) is 0 Å². The second-order valence-corrected chi connectivity index (χ2v) is 6.52. The Bertz CT molecular complexity index is 620. The van der Waals surface area contributed by atoms with Crippen LogP contribution in [0.5, 0.6) is 0 Å². The molecule has 0 spiro atoms. The highest BCUT2D eigenvalue weighted by molar-refractivity contribution is 9.11. The van der Waals surface area contributed by atoms with Crippen molar-refractivity contribution < 1.29 is 5.11 Å². The number of rotatable bonds is 2. The van der Waals surface area contributed by atoms with E-state index >= 15 is 0 Å². The Kier molecular flexibility index (Phi) is 4.49. The molecule has 0 radical (unpaired) electrons. The smallest absolute Gasteiger partial charge is 0.105 e. The lowest BCUT2D eigenvalue weighted by Crippen LogP contribution is -2.04. The predicted octanol–water partition coefficient (Wildman–Crippen LogP) is 5.22. The molecular weight excluding hydrogens is 368 g/mol. The summed E-state index contributed by atoms with van der Waals surface area (Å²) in [5.74, 6) is 0. The van der Waals surface area contributed by atoms with Crippen molar-refractivity contribution in [3.05, 3.63) is 67.1 Å². The summed E-state index contributed by atoms with van der Waals surface area (Å²) in [6.45, 7) is 6.14. The Hall–Kier alpha value is -0.640. The van der Waals surface area contributed by atoms with Gasteiger partial charge in [-0.1, -0.05) is 50.1 Å². The molecule has 2 aromatic rings. The fourth-order valence-electron chi connectivity index (χ4n) is 2.11. The largest absolute Gasteiger partial charge is 0.384 e. The highest BCUT2D eigenvalue weighted by Crippen LogP contribution is 2.34. The van der Waals surface area contributed by atoms with Gasteiger partial charge in [0.05, 0.1) is 0 Å². The lowest BCUT2D eigenvalue weighted by atomic mass is 9.94. The van der Waals surface area contributed by atoms with Crippen LogP contribution in [0.4, 0.5) is 0 Å². The van der Waals surface area contributed by atoms with Crippen molar-refractivity contribution >= 4 is 31.9 Å². The van der Waals surface area contributed by atoms with E-state index in [-0.39, 0.29) is 0 Å². The molecule has 1 unspecified atom stereocenters. The van der Waals surface area contributed by atoms with Crippen molar-refractivity contribution in [2.75, 3.05) is 0 Å². The highest BCUT2D eigenvalue weighted by Gasteiger charge is 2.17. The molecule has 0 fully saturated rings. The number of hydrogen-bond donors (Lipinski definition) is 1. The van der Waals surface area contributed by atoms with Crippen molar-refractivity contribution in [1.82, 2.24) is 0 Å². The van der Waals surface area contributed by atoms with E-state index in [1.165, 1.54) is 5.56 Å². The second kappa shape index (κ2) is 5.78. The molecule has 1 atom stereocenters. The maximum absolute atomic E-state index is 10.6. The van der Waals surface area contributed by atoms with Crippen LogP contribution in [0.15, 0.2) is 39.3 Å². The molecule has 0 bridgehead atoms. The van der Waals surface area contributed by atoms with Crippen molar-refractivity contribution in [3.63, 3.8) is 0 Å². The van der Waals surface area contributed by atoms with Crippen LogP contribution < -0.4 is 0 Å². The maximum Gasteiger partial charge on any atom is 0.105 e. The van der Waals surface area contributed by atoms with E-state index in [9.17, 15) is 5.11 Å². The fraction of sp³-hybridized carbons (Fsp3) is 0.250. The zero-order chi connectivity index (χ0) is 14.2. The predicted molar refractivity (Wildman–Crippen MR) is 86.6 cm³/mol. The van der Waals surface area contributed by atoms with Gasteiger partial charge in [0.2, 0.25) is 0 Å². The first kappa shape index (κ1) is 14.8. The van der Waals surface area contributed by atoms with Gasteiger partial charge >= 0.3 is 0 Å². The number of aryl methyl sites for hydroxylation is 2. The van der Waals surface area contributed by atoms with E-state index in [4.69, 9.17) is 0 Å². The third kappa shape index (κ3) is 2.93. The molecule has 0 aromatic heterocycles. The summed E-state index contributed by atoms with van der Waals surface area (Å²) in [6.07, 6.45) is -0.619. The van der Waals surface area contributed by atoms with Gasteiger partial charge in [-0.2, -0.15) is 0 Å². The Labute approximate surface area is 130 Å².